The van der Waals surface area contributed by atoms with Crippen molar-refractivity contribution in [3.05, 3.63) is 24.3 Å². The molecule has 0 unspecified atom stereocenters. The maximum Gasteiger partial charge on any atom is 0.257 e. The molecule has 1 amide bonds. The van der Waals surface area contributed by atoms with Crippen LogP contribution in [0.5, 0.6) is 0 Å². The van der Waals surface area contributed by atoms with Gasteiger partial charge in [0.05, 0.1) is 18.4 Å². The van der Waals surface area contributed by atoms with Gasteiger partial charge >= 0.3 is 0 Å². The van der Waals surface area contributed by atoms with E-state index in [2.05, 4.69) is 4.98 Å². The summed E-state index contributed by atoms with van der Waals surface area (Å²) in [6.07, 6.45) is 1.85. The number of hydrogen-bond acceptors (Lipinski definition) is 5. The van der Waals surface area contributed by atoms with Gasteiger partial charge in [0, 0.05) is 6.54 Å². The predicted molar refractivity (Wildman–Crippen MR) is 76.6 cm³/mol. The predicted octanol–water partition coefficient (Wildman–Crippen LogP) is 1.90. The standard InChI is InChI=1S/C14H16N2O3S/c17-8-10-4-3-7-16(10)13(18)9-20-14-15-11-5-1-2-6-12(11)19-14/h1-2,5-6,10,17H,3-4,7-9H2/t10-/m1/s1. The minimum Gasteiger partial charge on any atom is -0.431 e. The smallest absolute Gasteiger partial charge is 0.257 e. The zero-order chi connectivity index (χ0) is 13.9. The minimum atomic E-state index is -0.0215. The Bertz CT molecular complexity index is 580. The number of rotatable bonds is 4. The van der Waals surface area contributed by atoms with E-state index >= 15 is 0 Å². The van der Waals surface area contributed by atoms with Crippen molar-refractivity contribution in [2.75, 3.05) is 18.9 Å². The van der Waals surface area contributed by atoms with Crippen LogP contribution in [-0.4, -0.2) is 45.8 Å². The van der Waals surface area contributed by atoms with Gasteiger partial charge in [-0.2, -0.15) is 0 Å². The molecule has 2 heterocycles. The van der Waals surface area contributed by atoms with E-state index in [1.165, 1.54) is 11.8 Å². The second kappa shape index (κ2) is 5.85. The number of aliphatic hydroxyl groups is 1. The molecule has 1 aliphatic heterocycles. The molecule has 1 atom stereocenters. The molecular formula is C14H16N2O3S. The first-order chi connectivity index (χ1) is 9.78. The number of fused-ring (bicyclic) bond motifs is 1. The zero-order valence-electron chi connectivity index (χ0n) is 11.0. The topological polar surface area (TPSA) is 66.6 Å². The Labute approximate surface area is 121 Å². The lowest BCUT2D eigenvalue weighted by Gasteiger charge is -2.22. The molecule has 0 saturated carbocycles. The van der Waals surface area contributed by atoms with Crippen LogP contribution in [0.4, 0.5) is 0 Å². The lowest BCUT2D eigenvalue weighted by Crippen LogP contribution is -2.38. The van der Waals surface area contributed by atoms with Crippen molar-refractivity contribution in [2.45, 2.75) is 24.1 Å². The number of likely N-dealkylation sites (tertiary alicyclic amines) is 1. The van der Waals surface area contributed by atoms with Crippen molar-refractivity contribution in [3.8, 4) is 0 Å². The lowest BCUT2D eigenvalue weighted by molar-refractivity contribution is -0.129. The first kappa shape index (κ1) is 13.5. The Morgan fingerprint density at radius 2 is 2.35 bits per heavy atom. The molecule has 0 bridgehead atoms. The quantitative estimate of drug-likeness (QED) is 0.872. The fourth-order valence-electron chi connectivity index (χ4n) is 2.47. The number of oxazole rings is 1. The van der Waals surface area contributed by atoms with Crippen molar-refractivity contribution in [2.24, 2.45) is 0 Å². The van der Waals surface area contributed by atoms with Gasteiger partial charge in [0.15, 0.2) is 5.58 Å². The van der Waals surface area contributed by atoms with E-state index in [4.69, 9.17) is 4.42 Å². The molecule has 20 heavy (non-hydrogen) atoms. The largest absolute Gasteiger partial charge is 0.431 e. The minimum absolute atomic E-state index is 0.0215. The van der Waals surface area contributed by atoms with Crippen LogP contribution in [0, 0.1) is 0 Å². The van der Waals surface area contributed by atoms with E-state index in [0.717, 1.165) is 30.5 Å². The van der Waals surface area contributed by atoms with Gasteiger partial charge < -0.3 is 14.4 Å². The van der Waals surface area contributed by atoms with Crippen molar-refractivity contribution in [1.29, 1.82) is 0 Å². The van der Waals surface area contributed by atoms with Gasteiger partial charge in [-0.05, 0) is 25.0 Å². The van der Waals surface area contributed by atoms with E-state index in [-0.39, 0.29) is 18.6 Å². The molecule has 1 saturated heterocycles. The Balaban J connectivity index is 1.62. The van der Waals surface area contributed by atoms with E-state index in [1.807, 2.05) is 24.3 Å². The van der Waals surface area contributed by atoms with Gasteiger partial charge in [-0.1, -0.05) is 23.9 Å². The van der Waals surface area contributed by atoms with Gasteiger partial charge in [-0.25, -0.2) is 4.98 Å². The van der Waals surface area contributed by atoms with E-state index in [9.17, 15) is 9.90 Å². The Kier molecular flexibility index (Phi) is 3.93. The molecule has 5 nitrogen and oxygen atoms in total. The average Bonchev–Trinajstić information content (AvgIpc) is 3.10. The van der Waals surface area contributed by atoms with Crippen LogP contribution < -0.4 is 0 Å². The summed E-state index contributed by atoms with van der Waals surface area (Å²) in [5.74, 6) is 0.331. The highest BCUT2D eigenvalue weighted by atomic mass is 32.2. The third-order valence-corrected chi connectivity index (χ3v) is 4.31. The number of amides is 1. The number of aliphatic hydroxyl groups excluding tert-OH is 1. The molecule has 0 spiro atoms. The molecule has 1 aliphatic rings. The zero-order valence-corrected chi connectivity index (χ0v) is 11.8. The summed E-state index contributed by atoms with van der Waals surface area (Å²) in [5.41, 5.74) is 1.54. The first-order valence-electron chi connectivity index (χ1n) is 6.66. The second-order valence-electron chi connectivity index (χ2n) is 4.80. The number of thioether (sulfide) groups is 1. The SMILES string of the molecule is O=C(CSc1nc2ccccc2o1)N1CCC[C@@H]1CO. The highest BCUT2D eigenvalue weighted by Crippen LogP contribution is 2.24. The van der Waals surface area contributed by atoms with E-state index in [1.54, 1.807) is 4.90 Å². The summed E-state index contributed by atoms with van der Waals surface area (Å²) in [4.78, 5) is 18.2. The summed E-state index contributed by atoms with van der Waals surface area (Å²) < 4.78 is 5.57. The van der Waals surface area contributed by atoms with Crippen LogP contribution in [0.15, 0.2) is 33.9 Å². The van der Waals surface area contributed by atoms with Crippen LogP contribution in [0.2, 0.25) is 0 Å². The van der Waals surface area contributed by atoms with Crippen molar-refractivity contribution in [3.63, 3.8) is 0 Å². The number of carbonyl (C=O) groups is 1. The van der Waals surface area contributed by atoms with Crippen LogP contribution in [0.3, 0.4) is 0 Å². The number of hydrogen-bond donors (Lipinski definition) is 1. The molecule has 0 radical (unpaired) electrons. The summed E-state index contributed by atoms with van der Waals surface area (Å²) >= 11 is 1.30. The number of aromatic nitrogens is 1. The van der Waals surface area contributed by atoms with Crippen LogP contribution in [0.25, 0.3) is 11.1 Å². The third-order valence-electron chi connectivity index (χ3n) is 3.50. The van der Waals surface area contributed by atoms with Crippen LogP contribution in [0.1, 0.15) is 12.8 Å². The van der Waals surface area contributed by atoms with Crippen molar-refractivity contribution in [1.82, 2.24) is 9.88 Å². The fraction of sp³-hybridized carbons (Fsp3) is 0.429. The van der Waals surface area contributed by atoms with E-state index < -0.39 is 0 Å². The number of nitrogens with zero attached hydrogens (tertiary/aromatic N) is 2. The Hall–Kier alpha value is -1.53. The monoisotopic (exact) mass is 292 g/mol. The fourth-order valence-corrected chi connectivity index (χ4v) is 3.20. The van der Waals surface area contributed by atoms with Gasteiger partial charge in [0.25, 0.3) is 5.22 Å². The average molecular weight is 292 g/mol. The van der Waals surface area contributed by atoms with Gasteiger partial charge in [0.1, 0.15) is 5.52 Å². The second-order valence-corrected chi connectivity index (χ2v) is 5.73. The van der Waals surface area contributed by atoms with Crippen LogP contribution >= 0.6 is 11.8 Å². The molecule has 2 aromatic rings. The highest BCUT2D eigenvalue weighted by Gasteiger charge is 2.28. The summed E-state index contributed by atoms with van der Waals surface area (Å²) in [6, 6.07) is 7.51. The lowest BCUT2D eigenvalue weighted by atomic mass is 10.2. The molecule has 1 N–H and O–H groups in total. The van der Waals surface area contributed by atoms with Gasteiger partial charge in [0.2, 0.25) is 5.91 Å². The molecule has 1 aromatic carbocycles. The summed E-state index contributed by atoms with van der Waals surface area (Å²) in [7, 11) is 0. The van der Waals surface area contributed by atoms with Gasteiger partial charge in [-0.15, -0.1) is 0 Å². The van der Waals surface area contributed by atoms with E-state index in [0.29, 0.717) is 11.0 Å². The maximum atomic E-state index is 12.1. The molecule has 1 fully saturated rings. The number of benzene rings is 1. The molecule has 6 heteroatoms. The molecule has 0 aliphatic carbocycles. The number of carbonyl (C=O) groups excluding carboxylic acids is 1. The molecule has 1 aromatic heterocycles. The van der Waals surface area contributed by atoms with Gasteiger partial charge in [-0.3, -0.25) is 4.79 Å². The normalized spacial score (nSPS) is 18.9. The number of para-hydroxylation sites is 2. The molecule has 106 valence electrons. The highest BCUT2D eigenvalue weighted by molar-refractivity contribution is 7.99. The molecular weight excluding hydrogens is 276 g/mol. The Morgan fingerprint density at radius 1 is 1.50 bits per heavy atom. The first-order valence-corrected chi connectivity index (χ1v) is 7.65. The van der Waals surface area contributed by atoms with Crippen LogP contribution in [-0.2, 0) is 4.79 Å². The summed E-state index contributed by atoms with van der Waals surface area (Å²) in [6.45, 7) is 0.775. The van der Waals surface area contributed by atoms with Crippen molar-refractivity contribution >= 4 is 28.8 Å². The maximum absolute atomic E-state index is 12.1. The van der Waals surface area contributed by atoms with Crippen molar-refractivity contribution < 1.29 is 14.3 Å². The third kappa shape index (κ3) is 2.66. The summed E-state index contributed by atoms with van der Waals surface area (Å²) in [5, 5.41) is 9.75. The Morgan fingerprint density at radius 3 is 3.15 bits per heavy atom. The molecule has 3 rings (SSSR count).